The number of carbonyl (C=O) groups is 4. The Morgan fingerprint density at radius 1 is 1.19 bits per heavy atom. The summed E-state index contributed by atoms with van der Waals surface area (Å²) in [5.74, 6) is -3.70. The summed E-state index contributed by atoms with van der Waals surface area (Å²) in [6, 6.07) is -2.15. The predicted octanol–water partition coefficient (Wildman–Crippen LogP) is -2.21. The third-order valence-electron chi connectivity index (χ3n) is 2.25. The molecule has 21 heavy (non-hydrogen) atoms. The summed E-state index contributed by atoms with van der Waals surface area (Å²) in [7, 11) is 0. The van der Waals surface area contributed by atoms with Crippen LogP contribution in [0.4, 0.5) is 0 Å². The Bertz CT molecular complexity index is 395. The summed E-state index contributed by atoms with van der Waals surface area (Å²) in [5.41, 5.74) is 5.23. The Kier molecular flexibility index (Phi) is 11.9. The van der Waals surface area contributed by atoms with Crippen LogP contribution in [-0.2, 0) is 36.2 Å². The second-order valence-corrected chi connectivity index (χ2v) is 4.26. The van der Waals surface area contributed by atoms with Crippen molar-refractivity contribution in [1.82, 2.24) is 10.6 Å². The summed E-state index contributed by atoms with van der Waals surface area (Å²) in [6.07, 6.45) is -0.235. The molecule has 11 heteroatoms. The van der Waals surface area contributed by atoms with Crippen molar-refractivity contribution in [2.45, 2.75) is 24.9 Å². The van der Waals surface area contributed by atoms with Gasteiger partial charge in [-0.2, -0.15) is 12.6 Å². The molecule has 0 aromatic heterocycles. The molecule has 0 aromatic carbocycles. The molecule has 122 valence electrons. The van der Waals surface area contributed by atoms with E-state index in [9.17, 15) is 19.2 Å². The van der Waals surface area contributed by atoms with Crippen LogP contribution >= 0.6 is 12.6 Å². The van der Waals surface area contributed by atoms with Crippen molar-refractivity contribution < 1.29 is 46.5 Å². The first-order chi connectivity index (χ1) is 9.27. The van der Waals surface area contributed by atoms with Gasteiger partial charge < -0.3 is 26.6 Å². The molecule has 0 rings (SSSR count). The molecule has 2 amide bonds. The number of nitrogens with two attached hydrogens (primary N) is 1. The van der Waals surface area contributed by atoms with E-state index in [4.69, 9.17) is 15.9 Å². The van der Waals surface area contributed by atoms with Gasteiger partial charge in [-0.1, -0.05) is 0 Å². The van der Waals surface area contributed by atoms with E-state index in [1.807, 2.05) is 0 Å². The van der Waals surface area contributed by atoms with Crippen molar-refractivity contribution in [2.75, 3.05) is 12.3 Å². The molecule has 0 aliphatic rings. The molecule has 9 nitrogen and oxygen atoms in total. The van der Waals surface area contributed by atoms with E-state index in [1.165, 1.54) is 0 Å². The van der Waals surface area contributed by atoms with Gasteiger partial charge in [0.2, 0.25) is 11.8 Å². The van der Waals surface area contributed by atoms with E-state index in [0.29, 0.717) is 0 Å². The number of carbonyl (C=O) groups excluding carboxylic acids is 2. The Morgan fingerprint density at radius 3 is 2.19 bits per heavy atom. The molecule has 6 N–H and O–H groups in total. The zero-order valence-corrected chi connectivity index (χ0v) is 12.9. The number of carboxylic acids is 2. The molecule has 0 saturated carbocycles. The summed E-state index contributed by atoms with van der Waals surface area (Å²) >= 11 is 3.87. The summed E-state index contributed by atoms with van der Waals surface area (Å²) < 4.78 is 0. The number of carboxylic acid groups (broad SMARTS) is 2. The Labute approximate surface area is 136 Å². The standard InChI is InChI=1S/C10H17N3O6S.Fe/c11-5(10(18)19)1-2-7(14)13-6(4-20)9(17)12-3-8(15)16;/h5-6,20H,1-4,11H2,(H,12,17)(H,13,14)(H,15,16)(H,18,19);/t5-,6-;/m0./s1. The molecule has 0 bridgehead atoms. The van der Waals surface area contributed by atoms with Crippen LogP contribution in [0.5, 0.6) is 0 Å². The molecule has 0 spiro atoms. The topological polar surface area (TPSA) is 159 Å². The van der Waals surface area contributed by atoms with Crippen LogP contribution < -0.4 is 16.4 Å². The van der Waals surface area contributed by atoms with E-state index < -0.39 is 42.4 Å². The molecular formula is C10H17FeN3O6S. The zero-order valence-electron chi connectivity index (χ0n) is 10.9. The molecule has 2 atom stereocenters. The van der Waals surface area contributed by atoms with E-state index in [0.717, 1.165) is 0 Å². The summed E-state index contributed by atoms with van der Waals surface area (Å²) in [6.45, 7) is -0.567. The first-order valence-electron chi connectivity index (χ1n) is 5.66. The van der Waals surface area contributed by atoms with Crippen LogP contribution in [0, 0.1) is 0 Å². The fourth-order valence-corrected chi connectivity index (χ4v) is 1.41. The Balaban J connectivity index is 0. The maximum Gasteiger partial charge on any atom is 0.322 e. The molecule has 0 aliphatic carbocycles. The molecule has 0 radical (unpaired) electrons. The van der Waals surface area contributed by atoms with Gasteiger partial charge in [0, 0.05) is 29.2 Å². The van der Waals surface area contributed by atoms with E-state index in [1.54, 1.807) is 0 Å². The summed E-state index contributed by atoms with van der Waals surface area (Å²) in [4.78, 5) is 43.7. The Morgan fingerprint density at radius 2 is 1.76 bits per heavy atom. The largest absolute Gasteiger partial charge is 0.480 e. The third kappa shape index (κ3) is 10.1. The average molecular weight is 363 g/mol. The van der Waals surface area contributed by atoms with Crippen molar-refractivity contribution in [2.24, 2.45) is 5.73 Å². The molecule has 0 heterocycles. The number of rotatable bonds is 9. The molecule has 0 saturated heterocycles. The minimum absolute atomic E-state index is 0. The number of hydrogen-bond acceptors (Lipinski definition) is 6. The SMILES string of the molecule is N[C@@H](CCC(=O)N[C@@H](CS)C(=O)NCC(=O)O)C(=O)O.[Fe]. The van der Waals surface area contributed by atoms with Crippen molar-refractivity contribution in [1.29, 1.82) is 0 Å². The minimum Gasteiger partial charge on any atom is -0.480 e. The first kappa shape index (κ1) is 22.0. The second-order valence-electron chi connectivity index (χ2n) is 3.90. The van der Waals surface area contributed by atoms with Crippen LogP contribution in [0.1, 0.15) is 12.8 Å². The third-order valence-corrected chi connectivity index (χ3v) is 2.61. The van der Waals surface area contributed by atoms with Crippen LogP contribution in [0.3, 0.4) is 0 Å². The van der Waals surface area contributed by atoms with E-state index in [2.05, 4.69) is 23.3 Å². The fourth-order valence-electron chi connectivity index (χ4n) is 1.16. The number of thiol groups is 1. The molecule has 0 aliphatic heterocycles. The van der Waals surface area contributed by atoms with Crippen LogP contribution in [0.15, 0.2) is 0 Å². The van der Waals surface area contributed by atoms with Gasteiger partial charge in [0.05, 0.1) is 0 Å². The smallest absolute Gasteiger partial charge is 0.322 e. The van der Waals surface area contributed by atoms with Gasteiger partial charge >= 0.3 is 11.9 Å². The first-order valence-corrected chi connectivity index (χ1v) is 6.29. The minimum atomic E-state index is -1.22. The van der Waals surface area contributed by atoms with Crippen LogP contribution in [0.2, 0.25) is 0 Å². The van der Waals surface area contributed by atoms with Gasteiger partial charge in [0.15, 0.2) is 0 Å². The van der Waals surface area contributed by atoms with Crippen molar-refractivity contribution in [3.05, 3.63) is 0 Å². The Hall–Kier alpha value is -1.29. The average Bonchev–Trinajstić information content (AvgIpc) is 2.38. The van der Waals surface area contributed by atoms with Gasteiger partial charge in [0.25, 0.3) is 0 Å². The van der Waals surface area contributed by atoms with E-state index >= 15 is 0 Å². The molecule has 0 aromatic rings. The number of nitrogens with one attached hydrogen (secondary N) is 2. The predicted molar refractivity (Wildman–Crippen MR) is 71.3 cm³/mol. The monoisotopic (exact) mass is 363 g/mol. The van der Waals surface area contributed by atoms with Gasteiger partial charge in [0.1, 0.15) is 18.6 Å². The van der Waals surface area contributed by atoms with E-state index in [-0.39, 0.29) is 35.7 Å². The van der Waals surface area contributed by atoms with Gasteiger partial charge in [-0.3, -0.25) is 19.2 Å². The molecule has 0 unspecified atom stereocenters. The quantitative estimate of drug-likeness (QED) is 0.200. The van der Waals surface area contributed by atoms with Gasteiger partial charge in [-0.25, -0.2) is 0 Å². The summed E-state index contributed by atoms with van der Waals surface area (Å²) in [5, 5.41) is 21.4. The number of aliphatic carboxylic acids is 2. The number of hydrogen-bond donors (Lipinski definition) is 6. The van der Waals surface area contributed by atoms with Gasteiger partial charge in [-0.05, 0) is 6.42 Å². The van der Waals surface area contributed by atoms with Crippen molar-refractivity contribution in [3.63, 3.8) is 0 Å². The maximum atomic E-state index is 11.5. The van der Waals surface area contributed by atoms with Crippen LogP contribution in [0.25, 0.3) is 0 Å². The fraction of sp³-hybridized carbons (Fsp3) is 0.600. The molecule has 0 fully saturated rings. The number of amides is 2. The van der Waals surface area contributed by atoms with Gasteiger partial charge in [-0.15, -0.1) is 0 Å². The van der Waals surface area contributed by atoms with Crippen LogP contribution in [-0.4, -0.2) is 58.3 Å². The normalized spacial score (nSPS) is 12.5. The zero-order chi connectivity index (χ0) is 15.7. The van der Waals surface area contributed by atoms with Crippen molar-refractivity contribution in [3.8, 4) is 0 Å². The van der Waals surface area contributed by atoms with Crippen molar-refractivity contribution >= 4 is 36.4 Å². The second kappa shape index (κ2) is 11.4. The maximum absolute atomic E-state index is 11.5. The molecular weight excluding hydrogens is 346 g/mol.